The summed E-state index contributed by atoms with van der Waals surface area (Å²) in [6.07, 6.45) is -0.911. The fourth-order valence-electron chi connectivity index (χ4n) is 1.46. The first-order valence-electron chi connectivity index (χ1n) is 5.83. The summed E-state index contributed by atoms with van der Waals surface area (Å²) in [5.41, 5.74) is 6.52. The van der Waals surface area contributed by atoms with E-state index in [9.17, 15) is 4.79 Å². The van der Waals surface area contributed by atoms with Crippen molar-refractivity contribution in [2.45, 2.75) is 12.5 Å². The minimum absolute atomic E-state index is 0.0125. The Morgan fingerprint density at radius 3 is 2.65 bits per heavy atom. The standard InChI is InChI=1S/C12H16ClN3O4/c13-9-3-1-8(2-4-9)7-10(15-12(18)19)11(14)16-20-6-5-17/h1-4,10,15,17H,5-7H2,(H2,14,16)(H,18,19)/t10-/m0/s1. The number of aliphatic hydroxyl groups is 1. The zero-order valence-corrected chi connectivity index (χ0v) is 11.4. The van der Waals surface area contributed by atoms with Crippen LogP contribution in [0.1, 0.15) is 5.56 Å². The first kappa shape index (κ1) is 16.1. The minimum Gasteiger partial charge on any atom is -0.465 e. The molecule has 0 fully saturated rings. The zero-order chi connectivity index (χ0) is 15.0. The summed E-state index contributed by atoms with van der Waals surface area (Å²) in [5.74, 6) is -0.0178. The average molecular weight is 302 g/mol. The van der Waals surface area contributed by atoms with Crippen molar-refractivity contribution in [1.29, 1.82) is 0 Å². The van der Waals surface area contributed by atoms with E-state index in [2.05, 4.69) is 10.5 Å². The van der Waals surface area contributed by atoms with E-state index < -0.39 is 12.1 Å². The molecule has 0 heterocycles. The number of halogens is 1. The Labute approximate surface area is 121 Å². The largest absolute Gasteiger partial charge is 0.465 e. The number of carboxylic acid groups (broad SMARTS) is 1. The molecule has 0 saturated carbocycles. The van der Waals surface area contributed by atoms with E-state index >= 15 is 0 Å². The van der Waals surface area contributed by atoms with Gasteiger partial charge in [0.1, 0.15) is 6.61 Å². The fraction of sp³-hybridized carbons (Fsp3) is 0.333. The molecule has 0 spiro atoms. The number of carbonyl (C=O) groups is 1. The molecule has 0 bridgehead atoms. The SMILES string of the molecule is N/C(=N\OCCO)[C@H](Cc1ccc(Cl)cc1)NC(=O)O. The molecule has 8 heteroatoms. The maximum atomic E-state index is 10.8. The highest BCUT2D eigenvalue weighted by Gasteiger charge is 2.17. The van der Waals surface area contributed by atoms with Gasteiger partial charge in [-0.1, -0.05) is 28.9 Å². The van der Waals surface area contributed by atoms with E-state index in [0.717, 1.165) is 5.56 Å². The minimum atomic E-state index is -1.22. The van der Waals surface area contributed by atoms with Crippen LogP contribution in [0.3, 0.4) is 0 Å². The number of amides is 1. The smallest absolute Gasteiger partial charge is 0.405 e. The average Bonchev–Trinajstić information content (AvgIpc) is 2.40. The molecule has 20 heavy (non-hydrogen) atoms. The Hall–Kier alpha value is -1.99. The van der Waals surface area contributed by atoms with Crippen molar-refractivity contribution in [3.8, 4) is 0 Å². The van der Waals surface area contributed by atoms with Crippen molar-refractivity contribution in [2.24, 2.45) is 10.9 Å². The molecule has 0 aliphatic heterocycles. The van der Waals surface area contributed by atoms with Gasteiger partial charge in [-0.3, -0.25) is 0 Å². The number of rotatable bonds is 7. The highest BCUT2D eigenvalue weighted by atomic mass is 35.5. The van der Waals surface area contributed by atoms with Gasteiger partial charge in [0.05, 0.1) is 12.6 Å². The highest BCUT2D eigenvalue weighted by Crippen LogP contribution is 2.11. The van der Waals surface area contributed by atoms with Gasteiger partial charge in [0.15, 0.2) is 5.84 Å². The lowest BCUT2D eigenvalue weighted by molar-refractivity contribution is 0.0974. The van der Waals surface area contributed by atoms with Crippen molar-refractivity contribution in [2.75, 3.05) is 13.2 Å². The molecule has 0 unspecified atom stereocenters. The molecule has 7 nitrogen and oxygen atoms in total. The van der Waals surface area contributed by atoms with Gasteiger partial charge in [-0.2, -0.15) is 0 Å². The third-order valence-corrected chi connectivity index (χ3v) is 2.61. The van der Waals surface area contributed by atoms with Gasteiger partial charge in [0.25, 0.3) is 0 Å². The first-order valence-corrected chi connectivity index (χ1v) is 6.20. The number of hydrogen-bond acceptors (Lipinski definition) is 4. The van der Waals surface area contributed by atoms with Crippen molar-refractivity contribution in [3.05, 3.63) is 34.9 Å². The van der Waals surface area contributed by atoms with Crippen LogP contribution < -0.4 is 11.1 Å². The molecule has 0 aliphatic rings. The van der Waals surface area contributed by atoms with Gasteiger partial charge < -0.3 is 26.1 Å². The number of hydrogen-bond donors (Lipinski definition) is 4. The number of oxime groups is 1. The third kappa shape index (κ3) is 5.77. The van der Waals surface area contributed by atoms with Crippen molar-refractivity contribution in [3.63, 3.8) is 0 Å². The summed E-state index contributed by atoms with van der Waals surface area (Å²) in [4.78, 5) is 15.5. The maximum Gasteiger partial charge on any atom is 0.405 e. The molecule has 1 rings (SSSR count). The molecular weight excluding hydrogens is 286 g/mol. The number of benzene rings is 1. The van der Waals surface area contributed by atoms with Gasteiger partial charge in [-0.25, -0.2) is 4.79 Å². The molecule has 0 aliphatic carbocycles. The molecule has 0 aromatic heterocycles. The summed E-state index contributed by atoms with van der Waals surface area (Å²) < 4.78 is 0. The number of nitrogens with one attached hydrogen (secondary N) is 1. The van der Waals surface area contributed by atoms with Crippen LogP contribution in [0, 0.1) is 0 Å². The molecule has 1 aromatic carbocycles. The van der Waals surface area contributed by atoms with Gasteiger partial charge >= 0.3 is 6.09 Å². The number of aliphatic hydroxyl groups excluding tert-OH is 1. The molecule has 0 radical (unpaired) electrons. The van der Waals surface area contributed by atoms with Crippen LogP contribution in [0.5, 0.6) is 0 Å². The van der Waals surface area contributed by atoms with Crippen molar-refractivity contribution < 1.29 is 19.8 Å². The number of nitrogens with two attached hydrogens (primary N) is 1. The predicted molar refractivity (Wildman–Crippen MR) is 74.8 cm³/mol. The van der Waals surface area contributed by atoms with Crippen LogP contribution in [0.25, 0.3) is 0 Å². The summed E-state index contributed by atoms with van der Waals surface area (Å²) >= 11 is 5.78. The van der Waals surface area contributed by atoms with E-state index in [1.807, 2.05) is 0 Å². The monoisotopic (exact) mass is 301 g/mol. The summed E-state index contributed by atoms with van der Waals surface area (Å²) in [7, 11) is 0. The highest BCUT2D eigenvalue weighted by molar-refractivity contribution is 6.30. The van der Waals surface area contributed by atoms with Crippen molar-refractivity contribution in [1.82, 2.24) is 5.32 Å². The van der Waals surface area contributed by atoms with Crippen LogP contribution in [0.15, 0.2) is 29.4 Å². The Kier molecular flexibility index (Phi) is 6.61. The van der Waals surface area contributed by atoms with Crippen molar-refractivity contribution >= 4 is 23.5 Å². The number of nitrogens with zero attached hydrogens (tertiary/aromatic N) is 1. The van der Waals surface area contributed by atoms with E-state index in [1.54, 1.807) is 24.3 Å². The molecule has 1 aromatic rings. The Bertz CT molecular complexity index is 464. The lowest BCUT2D eigenvalue weighted by atomic mass is 10.1. The lowest BCUT2D eigenvalue weighted by Crippen LogP contribution is -2.45. The second-order valence-corrected chi connectivity index (χ2v) is 4.34. The molecule has 0 saturated heterocycles. The third-order valence-electron chi connectivity index (χ3n) is 2.36. The van der Waals surface area contributed by atoms with E-state index in [4.69, 9.17) is 32.4 Å². The van der Waals surface area contributed by atoms with Gasteiger partial charge in [-0.15, -0.1) is 0 Å². The second kappa shape index (κ2) is 8.23. The van der Waals surface area contributed by atoms with Crippen LogP contribution in [0.4, 0.5) is 4.79 Å². The topological polar surface area (TPSA) is 117 Å². The summed E-state index contributed by atoms with van der Waals surface area (Å²) in [6.45, 7) is -0.216. The van der Waals surface area contributed by atoms with E-state index in [0.29, 0.717) is 11.4 Å². The second-order valence-electron chi connectivity index (χ2n) is 3.91. The Balaban J connectivity index is 2.75. The van der Waals surface area contributed by atoms with E-state index in [-0.39, 0.29) is 19.0 Å². The van der Waals surface area contributed by atoms with Crippen LogP contribution in [-0.2, 0) is 11.3 Å². The molecular formula is C12H16ClN3O4. The van der Waals surface area contributed by atoms with Crippen LogP contribution >= 0.6 is 11.6 Å². The zero-order valence-electron chi connectivity index (χ0n) is 10.6. The van der Waals surface area contributed by atoms with Gasteiger partial charge in [-0.05, 0) is 17.7 Å². The van der Waals surface area contributed by atoms with Crippen LogP contribution in [-0.4, -0.2) is 41.4 Å². The predicted octanol–water partition coefficient (Wildman–Crippen LogP) is 0.800. The normalized spacial score (nSPS) is 12.8. The molecule has 5 N–H and O–H groups in total. The summed E-state index contributed by atoms with van der Waals surface area (Å²) in [5, 5.41) is 23.8. The quantitative estimate of drug-likeness (QED) is 0.257. The first-order chi connectivity index (χ1) is 9.52. The fourth-order valence-corrected chi connectivity index (χ4v) is 1.59. The van der Waals surface area contributed by atoms with Gasteiger partial charge in [0.2, 0.25) is 0 Å². The number of amidine groups is 1. The van der Waals surface area contributed by atoms with Gasteiger partial charge in [0, 0.05) is 11.4 Å². The maximum absolute atomic E-state index is 10.8. The lowest BCUT2D eigenvalue weighted by Gasteiger charge is -2.16. The Morgan fingerprint density at radius 2 is 2.10 bits per heavy atom. The molecule has 1 amide bonds. The molecule has 110 valence electrons. The summed E-state index contributed by atoms with van der Waals surface area (Å²) in [6, 6.07) is 6.20. The van der Waals surface area contributed by atoms with E-state index in [1.165, 1.54) is 0 Å². The Morgan fingerprint density at radius 1 is 1.45 bits per heavy atom. The molecule has 1 atom stereocenters. The van der Waals surface area contributed by atoms with Crippen LogP contribution in [0.2, 0.25) is 5.02 Å².